The topological polar surface area (TPSA) is 22.1 Å². The van der Waals surface area contributed by atoms with Gasteiger partial charge >= 0.3 is 0 Å². The van der Waals surface area contributed by atoms with E-state index in [-0.39, 0.29) is 0 Å². The van der Waals surface area contributed by atoms with Crippen LogP contribution in [0.15, 0.2) is 22.2 Å². The summed E-state index contributed by atoms with van der Waals surface area (Å²) in [6, 6.07) is 3.47. The molecule has 0 bridgehead atoms. The number of nitrogens with zero attached hydrogens (tertiary/aromatic N) is 1. The van der Waals surface area contributed by atoms with Crippen LogP contribution in [-0.2, 0) is 0 Å². The Bertz CT molecular complexity index is 234. The largest absolute Gasteiger partial charge is 0.497 e. The smallest absolute Gasteiger partial charge is 0.124 e. The van der Waals surface area contributed by atoms with Gasteiger partial charge in [-0.05, 0) is 10.7 Å². The van der Waals surface area contributed by atoms with Crippen LogP contribution in [0.4, 0.5) is 0 Å². The summed E-state index contributed by atoms with van der Waals surface area (Å²) in [5.41, 5.74) is 0. The number of rotatable bonds is 2. The first-order chi connectivity index (χ1) is 5.26. The molecule has 60 valence electrons. The van der Waals surface area contributed by atoms with Gasteiger partial charge in [-0.25, -0.2) is 4.98 Å². The number of ether oxygens (including phenoxy) is 1. The second-order valence-electron chi connectivity index (χ2n) is 1.78. The molecule has 11 heavy (non-hydrogen) atoms. The lowest BCUT2D eigenvalue weighted by molar-refractivity contribution is 0.411. The first-order valence-corrected chi connectivity index (χ1v) is 4.89. The minimum Gasteiger partial charge on any atom is -0.497 e. The fourth-order valence-electron chi connectivity index (χ4n) is 0.625. The zero-order chi connectivity index (χ0) is 8.27. The van der Waals surface area contributed by atoms with E-state index < -0.39 is 0 Å². The van der Waals surface area contributed by atoms with Crippen molar-refractivity contribution in [3.8, 4) is 5.75 Å². The molecule has 0 aliphatic carbocycles. The number of pyridine rings is 1. The first kappa shape index (κ1) is 9.03. The van der Waals surface area contributed by atoms with Crippen molar-refractivity contribution in [1.82, 2.24) is 4.98 Å². The average molecular weight is 208 g/mol. The Labute approximate surface area is 79.2 Å². The maximum Gasteiger partial charge on any atom is 0.124 e. The lowest BCUT2D eigenvalue weighted by atomic mass is 10.4. The van der Waals surface area contributed by atoms with Crippen molar-refractivity contribution in [2.24, 2.45) is 0 Å². The summed E-state index contributed by atoms with van der Waals surface area (Å²) in [5.74, 6) is 0.716. The molecule has 1 heterocycles. The third kappa shape index (κ3) is 2.47. The van der Waals surface area contributed by atoms with E-state index in [4.69, 9.17) is 15.4 Å². The maximum atomic E-state index is 5.49. The Hall–Kier alpha value is -0.0600. The van der Waals surface area contributed by atoms with Crippen LogP contribution < -0.4 is 4.74 Å². The van der Waals surface area contributed by atoms with E-state index >= 15 is 0 Å². The SMILES string of the molecule is COc1cc(S)nc(SCl)c1. The van der Waals surface area contributed by atoms with Crippen molar-refractivity contribution in [2.45, 2.75) is 10.1 Å². The number of hydrogen-bond acceptors (Lipinski definition) is 4. The molecule has 0 fully saturated rings. The lowest BCUT2D eigenvalue weighted by Gasteiger charge is -2.01. The average Bonchev–Trinajstić information content (AvgIpc) is 2.03. The molecule has 0 aliphatic rings. The van der Waals surface area contributed by atoms with Gasteiger partial charge < -0.3 is 4.74 Å². The van der Waals surface area contributed by atoms with Gasteiger partial charge in [0, 0.05) is 23.1 Å². The molecular weight excluding hydrogens is 202 g/mol. The van der Waals surface area contributed by atoms with E-state index in [9.17, 15) is 0 Å². The predicted molar refractivity (Wildman–Crippen MR) is 49.8 cm³/mol. The molecule has 0 unspecified atom stereocenters. The number of thiol groups is 1. The summed E-state index contributed by atoms with van der Waals surface area (Å²) in [4.78, 5) is 4.02. The van der Waals surface area contributed by atoms with E-state index in [1.165, 1.54) is 0 Å². The number of halogens is 1. The molecule has 0 N–H and O–H groups in total. The molecule has 0 aliphatic heterocycles. The zero-order valence-corrected chi connectivity index (χ0v) is 8.21. The Morgan fingerprint density at radius 3 is 2.91 bits per heavy atom. The minimum atomic E-state index is 0.604. The van der Waals surface area contributed by atoms with Gasteiger partial charge in [0.05, 0.1) is 12.1 Å². The second kappa shape index (κ2) is 4.09. The Kier molecular flexibility index (Phi) is 3.36. The van der Waals surface area contributed by atoms with Crippen molar-refractivity contribution >= 4 is 34.3 Å². The fourth-order valence-corrected chi connectivity index (χ4v) is 1.46. The van der Waals surface area contributed by atoms with E-state index in [0.717, 1.165) is 11.0 Å². The highest BCUT2D eigenvalue weighted by Crippen LogP contribution is 2.25. The van der Waals surface area contributed by atoms with Crippen molar-refractivity contribution in [1.29, 1.82) is 0 Å². The van der Waals surface area contributed by atoms with Crippen LogP contribution in [0.25, 0.3) is 0 Å². The highest BCUT2D eigenvalue weighted by Gasteiger charge is 1.99. The van der Waals surface area contributed by atoms with Gasteiger partial charge in [-0.1, -0.05) is 0 Å². The summed E-state index contributed by atoms with van der Waals surface area (Å²) in [6.45, 7) is 0. The molecule has 0 amide bonds. The third-order valence-electron chi connectivity index (χ3n) is 1.08. The van der Waals surface area contributed by atoms with Gasteiger partial charge in [-0.15, -0.1) is 12.6 Å². The van der Waals surface area contributed by atoms with Gasteiger partial charge in [0.15, 0.2) is 0 Å². The van der Waals surface area contributed by atoms with Gasteiger partial charge in [0.25, 0.3) is 0 Å². The molecule has 0 saturated heterocycles. The normalized spacial score (nSPS) is 9.73. The van der Waals surface area contributed by atoms with Crippen molar-refractivity contribution in [3.05, 3.63) is 12.1 Å². The van der Waals surface area contributed by atoms with E-state index in [1.807, 2.05) is 0 Å². The summed E-state index contributed by atoms with van der Waals surface area (Å²) < 4.78 is 4.98. The second-order valence-corrected chi connectivity index (χ2v) is 3.27. The van der Waals surface area contributed by atoms with Crippen LogP contribution in [0.2, 0.25) is 0 Å². The molecule has 0 atom stereocenters. The maximum absolute atomic E-state index is 5.49. The van der Waals surface area contributed by atoms with Crippen LogP contribution in [-0.4, -0.2) is 12.1 Å². The zero-order valence-electron chi connectivity index (χ0n) is 5.74. The van der Waals surface area contributed by atoms with Crippen molar-refractivity contribution < 1.29 is 4.74 Å². The molecule has 1 rings (SSSR count). The van der Waals surface area contributed by atoms with Gasteiger partial charge in [0.2, 0.25) is 0 Å². The number of hydrogen-bond donors (Lipinski definition) is 1. The van der Waals surface area contributed by atoms with Crippen LogP contribution in [0, 0.1) is 0 Å². The third-order valence-corrected chi connectivity index (χ3v) is 2.15. The molecule has 1 aromatic rings. The standard InChI is InChI=1S/C6H6ClNOS2/c1-9-4-2-5(10)8-6(3-4)11-7/h2-3H,1H3,(H,8,10). The summed E-state index contributed by atoms with van der Waals surface area (Å²) >= 11 is 4.07. The number of aromatic nitrogens is 1. The van der Waals surface area contributed by atoms with E-state index in [0.29, 0.717) is 15.8 Å². The molecule has 5 heteroatoms. The molecule has 0 aromatic carbocycles. The van der Waals surface area contributed by atoms with Crippen molar-refractivity contribution in [2.75, 3.05) is 7.11 Å². The van der Waals surface area contributed by atoms with Crippen LogP contribution in [0.1, 0.15) is 0 Å². The van der Waals surface area contributed by atoms with Gasteiger partial charge in [0.1, 0.15) is 10.8 Å². The van der Waals surface area contributed by atoms with E-state index in [1.54, 1.807) is 19.2 Å². The van der Waals surface area contributed by atoms with Crippen LogP contribution in [0.3, 0.4) is 0 Å². The van der Waals surface area contributed by atoms with Gasteiger partial charge in [-0.2, -0.15) is 0 Å². The van der Waals surface area contributed by atoms with Gasteiger partial charge in [-0.3, -0.25) is 0 Å². The summed E-state index contributed by atoms with van der Waals surface area (Å²) in [7, 11) is 8.13. The monoisotopic (exact) mass is 207 g/mol. The molecule has 0 spiro atoms. The Balaban J connectivity index is 3.02. The molecular formula is C6H6ClNOS2. The van der Waals surface area contributed by atoms with Crippen molar-refractivity contribution in [3.63, 3.8) is 0 Å². The predicted octanol–water partition coefficient (Wildman–Crippen LogP) is 2.62. The summed E-state index contributed by atoms with van der Waals surface area (Å²) in [5, 5.41) is 1.29. The van der Waals surface area contributed by atoms with Crippen LogP contribution in [0.5, 0.6) is 5.75 Å². The summed E-state index contributed by atoms with van der Waals surface area (Å²) in [6.07, 6.45) is 0. The molecule has 0 saturated carbocycles. The highest BCUT2D eigenvalue weighted by atomic mass is 35.7. The lowest BCUT2D eigenvalue weighted by Crippen LogP contribution is -1.86. The quantitative estimate of drug-likeness (QED) is 0.754. The molecule has 2 nitrogen and oxygen atoms in total. The first-order valence-electron chi connectivity index (χ1n) is 2.80. The fraction of sp³-hybridized carbons (Fsp3) is 0.167. The van der Waals surface area contributed by atoms with Crippen LogP contribution >= 0.6 is 34.3 Å². The minimum absolute atomic E-state index is 0.604. The highest BCUT2D eigenvalue weighted by molar-refractivity contribution is 8.21. The number of methoxy groups -OCH3 is 1. The Morgan fingerprint density at radius 1 is 1.64 bits per heavy atom. The Morgan fingerprint density at radius 2 is 2.36 bits per heavy atom. The van der Waals surface area contributed by atoms with E-state index in [2.05, 4.69) is 17.6 Å². The molecule has 1 aromatic heterocycles. The molecule has 0 radical (unpaired) electrons.